The van der Waals surface area contributed by atoms with E-state index in [1.54, 1.807) is 0 Å². The maximum Gasteiger partial charge on any atom is 0.101 e. The highest BCUT2D eigenvalue weighted by Crippen LogP contribution is 2.19. The van der Waals surface area contributed by atoms with E-state index in [1.807, 2.05) is 49.4 Å². The second-order valence-electron chi connectivity index (χ2n) is 4.53. The molecule has 0 heterocycles. The number of hydrogen-bond donors (Lipinski definition) is 2. The number of rotatable bonds is 4. The number of nitriles is 1. The Morgan fingerprint density at radius 3 is 2.58 bits per heavy atom. The lowest BCUT2D eigenvalue weighted by atomic mass is 10.1. The second kappa shape index (κ2) is 5.92. The third kappa shape index (κ3) is 3.26. The highest BCUT2D eigenvalue weighted by molar-refractivity contribution is 5.62. The number of para-hydroxylation sites is 1. The number of nitrogens with zero attached hydrogens (tertiary/aromatic N) is 1. The van der Waals surface area contributed by atoms with Gasteiger partial charge >= 0.3 is 0 Å². The number of hydrogen-bond acceptors (Lipinski definition) is 3. The van der Waals surface area contributed by atoms with Crippen molar-refractivity contribution in [2.45, 2.75) is 13.3 Å². The SMILES string of the molecule is Cc1cccc(C#N)c1NCCc1ccc(N)cc1. The summed E-state index contributed by atoms with van der Waals surface area (Å²) in [6.45, 7) is 2.80. The first-order valence-electron chi connectivity index (χ1n) is 6.28. The molecule has 3 heteroatoms. The minimum atomic E-state index is 0.692. The van der Waals surface area contributed by atoms with Crippen molar-refractivity contribution in [3.05, 3.63) is 59.2 Å². The Labute approximate surface area is 113 Å². The quantitative estimate of drug-likeness (QED) is 0.821. The van der Waals surface area contributed by atoms with Gasteiger partial charge in [-0.1, -0.05) is 24.3 Å². The Morgan fingerprint density at radius 2 is 1.89 bits per heavy atom. The molecule has 0 unspecified atom stereocenters. The Hall–Kier alpha value is -2.47. The van der Waals surface area contributed by atoms with Crippen LogP contribution in [-0.2, 0) is 6.42 Å². The van der Waals surface area contributed by atoms with Crippen molar-refractivity contribution in [1.82, 2.24) is 0 Å². The molecule has 0 aliphatic rings. The topological polar surface area (TPSA) is 61.8 Å². The van der Waals surface area contributed by atoms with E-state index in [2.05, 4.69) is 11.4 Å². The number of aryl methyl sites for hydroxylation is 1. The Morgan fingerprint density at radius 1 is 1.16 bits per heavy atom. The normalized spacial score (nSPS) is 9.89. The van der Waals surface area contributed by atoms with Gasteiger partial charge < -0.3 is 11.1 Å². The van der Waals surface area contributed by atoms with Gasteiger partial charge in [-0.25, -0.2) is 0 Å². The second-order valence-corrected chi connectivity index (χ2v) is 4.53. The van der Waals surface area contributed by atoms with Gasteiger partial charge in [0.15, 0.2) is 0 Å². The first-order chi connectivity index (χ1) is 9.20. The molecule has 2 aromatic carbocycles. The first kappa shape index (κ1) is 13.0. The van der Waals surface area contributed by atoms with E-state index in [0.717, 1.165) is 29.9 Å². The van der Waals surface area contributed by atoms with E-state index in [4.69, 9.17) is 11.0 Å². The monoisotopic (exact) mass is 251 g/mol. The zero-order chi connectivity index (χ0) is 13.7. The minimum Gasteiger partial charge on any atom is -0.399 e. The van der Waals surface area contributed by atoms with Crippen LogP contribution < -0.4 is 11.1 Å². The van der Waals surface area contributed by atoms with E-state index in [1.165, 1.54) is 5.56 Å². The number of nitrogens with two attached hydrogens (primary N) is 1. The van der Waals surface area contributed by atoms with Crippen molar-refractivity contribution in [3.8, 4) is 6.07 Å². The zero-order valence-electron chi connectivity index (χ0n) is 11.0. The lowest BCUT2D eigenvalue weighted by molar-refractivity contribution is 1.02. The number of nitrogens with one attached hydrogen (secondary N) is 1. The largest absolute Gasteiger partial charge is 0.399 e. The van der Waals surface area contributed by atoms with Crippen LogP contribution in [-0.4, -0.2) is 6.54 Å². The molecule has 2 aromatic rings. The summed E-state index contributed by atoms with van der Waals surface area (Å²) in [5.74, 6) is 0. The van der Waals surface area contributed by atoms with Crippen molar-refractivity contribution in [2.75, 3.05) is 17.6 Å². The smallest absolute Gasteiger partial charge is 0.101 e. The van der Waals surface area contributed by atoms with Gasteiger partial charge in [-0.3, -0.25) is 0 Å². The summed E-state index contributed by atoms with van der Waals surface area (Å²) in [5, 5.41) is 12.4. The van der Waals surface area contributed by atoms with E-state index in [9.17, 15) is 0 Å². The molecule has 0 atom stereocenters. The third-order valence-electron chi connectivity index (χ3n) is 3.09. The van der Waals surface area contributed by atoms with Crippen LogP contribution in [0.1, 0.15) is 16.7 Å². The molecule has 0 saturated carbocycles. The van der Waals surface area contributed by atoms with Crippen LogP contribution in [0.3, 0.4) is 0 Å². The van der Waals surface area contributed by atoms with E-state index in [-0.39, 0.29) is 0 Å². The van der Waals surface area contributed by atoms with Gasteiger partial charge in [0.25, 0.3) is 0 Å². The van der Waals surface area contributed by atoms with Gasteiger partial charge in [0.1, 0.15) is 6.07 Å². The summed E-state index contributed by atoms with van der Waals surface area (Å²) in [4.78, 5) is 0. The highest BCUT2D eigenvalue weighted by atomic mass is 14.9. The molecule has 0 aromatic heterocycles. The van der Waals surface area contributed by atoms with Crippen LogP contribution >= 0.6 is 0 Å². The summed E-state index contributed by atoms with van der Waals surface area (Å²) < 4.78 is 0. The van der Waals surface area contributed by atoms with Gasteiger partial charge in [0.05, 0.1) is 11.3 Å². The van der Waals surface area contributed by atoms with Crippen LogP contribution in [0.5, 0.6) is 0 Å². The van der Waals surface area contributed by atoms with E-state index in [0.29, 0.717) is 5.56 Å². The molecule has 3 N–H and O–H groups in total. The van der Waals surface area contributed by atoms with Crippen LogP contribution in [0, 0.1) is 18.3 Å². The standard InChI is InChI=1S/C16H17N3/c1-12-3-2-4-14(11-17)16(12)19-10-9-13-5-7-15(18)8-6-13/h2-8,19H,9-10,18H2,1H3. The average molecular weight is 251 g/mol. The molecule has 19 heavy (non-hydrogen) atoms. The lowest BCUT2D eigenvalue weighted by Gasteiger charge is -2.11. The molecule has 0 fully saturated rings. The van der Waals surface area contributed by atoms with E-state index < -0.39 is 0 Å². The van der Waals surface area contributed by atoms with Crippen LogP contribution in [0.2, 0.25) is 0 Å². The van der Waals surface area contributed by atoms with Crippen molar-refractivity contribution < 1.29 is 0 Å². The first-order valence-corrected chi connectivity index (χ1v) is 6.28. The summed E-state index contributed by atoms with van der Waals surface area (Å²) in [6, 6.07) is 15.8. The molecule has 96 valence electrons. The number of nitrogen functional groups attached to an aromatic ring is 1. The summed E-state index contributed by atoms with van der Waals surface area (Å²) in [6.07, 6.45) is 0.902. The zero-order valence-corrected chi connectivity index (χ0v) is 11.0. The van der Waals surface area contributed by atoms with Crippen LogP contribution in [0.15, 0.2) is 42.5 Å². The molecule has 3 nitrogen and oxygen atoms in total. The molecule has 0 bridgehead atoms. The van der Waals surface area contributed by atoms with Gasteiger partial charge in [-0.15, -0.1) is 0 Å². The van der Waals surface area contributed by atoms with Gasteiger partial charge in [0, 0.05) is 12.2 Å². The van der Waals surface area contributed by atoms with Crippen LogP contribution in [0.4, 0.5) is 11.4 Å². The molecule has 0 radical (unpaired) electrons. The average Bonchev–Trinajstić information content (AvgIpc) is 2.42. The number of anilines is 2. The molecular formula is C16H17N3. The van der Waals surface area contributed by atoms with Crippen molar-refractivity contribution >= 4 is 11.4 Å². The van der Waals surface area contributed by atoms with Crippen molar-refractivity contribution in [2.24, 2.45) is 0 Å². The fourth-order valence-corrected chi connectivity index (χ4v) is 2.01. The van der Waals surface area contributed by atoms with Crippen molar-refractivity contribution in [1.29, 1.82) is 5.26 Å². The Balaban J connectivity index is 2.00. The summed E-state index contributed by atoms with van der Waals surface area (Å²) in [5.41, 5.74) is 10.4. The Bertz CT molecular complexity index is 594. The van der Waals surface area contributed by atoms with Gasteiger partial charge in [0.2, 0.25) is 0 Å². The highest BCUT2D eigenvalue weighted by Gasteiger charge is 2.04. The summed E-state index contributed by atoms with van der Waals surface area (Å²) >= 11 is 0. The number of benzene rings is 2. The molecule has 0 amide bonds. The Kier molecular flexibility index (Phi) is 4.04. The fraction of sp³-hybridized carbons (Fsp3) is 0.188. The molecule has 0 spiro atoms. The summed E-state index contributed by atoms with van der Waals surface area (Å²) in [7, 11) is 0. The molecule has 0 aliphatic carbocycles. The van der Waals surface area contributed by atoms with Gasteiger partial charge in [-0.05, 0) is 42.7 Å². The van der Waals surface area contributed by atoms with Crippen molar-refractivity contribution in [3.63, 3.8) is 0 Å². The maximum atomic E-state index is 9.09. The molecular weight excluding hydrogens is 234 g/mol. The third-order valence-corrected chi connectivity index (χ3v) is 3.09. The fourth-order valence-electron chi connectivity index (χ4n) is 2.01. The van der Waals surface area contributed by atoms with Crippen LogP contribution in [0.25, 0.3) is 0 Å². The molecule has 0 aliphatic heterocycles. The molecule has 0 saturated heterocycles. The predicted octanol–water partition coefficient (Wildman–Crippen LogP) is 3.10. The van der Waals surface area contributed by atoms with E-state index >= 15 is 0 Å². The predicted molar refractivity (Wildman–Crippen MR) is 78.9 cm³/mol. The van der Waals surface area contributed by atoms with Gasteiger partial charge in [-0.2, -0.15) is 5.26 Å². The lowest BCUT2D eigenvalue weighted by Crippen LogP contribution is -2.07. The minimum absolute atomic E-state index is 0.692. The maximum absolute atomic E-state index is 9.09. The molecule has 2 rings (SSSR count).